The van der Waals surface area contributed by atoms with E-state index in [0.29, 0.717) is 30.3 Å². The van der Waals surface area contributed by atoms with Gasteiger partial charge in [0.15, 0.2) is 9.84 Å². The van der Waals surface area contributed by atoms with Crippen molar-refractivity contribution in [1.29, 1.82) is 0 Å². The molecule has 2 heterocycles. The minimum Gasteiger partial charge on any atom is -0.368 e. The zero-order chi connectivity index (χ0) is 17.9. The summed E-state index contributed by atoms with van der Waals surface area (Å²) < 4.78 is 23.4. The van der Waals surface area contributed by atoms with Crippen LogP contribution in [-0.4, -0.2) is 59.3 Å². The van der Waals surface area contributed by atoms with Gasteiger partial charge in [-0.1, -0.05) is 6.92 Å². The van der Waals surface area contributed by atoms with Crippen molar-refractivity contribution in [3.63, 3.8) is 0 Å². The van der Waals surface area contributed by atoms with Crippen LogP contribution < -0.4 is 5.32 Å². The normalized spacial score (nSPS) is 20.6. The first-order valence-corrected chi connectivity index (χ1v) is 10.2. The largest absolute Gasteiger partial charge is 0.368 e. The molecule has 1 aliphatic rings. The number of rotatable bonds is 6. The fourth-order valence-corrected chi connectivity index (χ4v) is 4.57. The van der Waals surface area contributed by atoms with Gasteiger partial charge in [-0.2, -0.15) is 0 Å². The van der Waals surface area contributed by atoms with E-state index in [4.69, 9.17) is 0 Å². The second-order valence-electron chi connectivity index (χ2n) is 6.29. The predicted molar refractivity (Wildman–Crippen MR) is 93.9 cm³/mol. The van der Waals surface area contributed by atoms with E-state index in [-0.39, 0.29) is 29.5 Å². The van der Waals surface area contributed by atoms with Gasteiger partial charge in [0, 0.05) is 24.7 Å². The van der Waals surface area contributed by atoms with E-state index in [1.807, 2.05) is 13.8 Å². The number of nitrogens with one attached hydrogen (secondary N) is 1. The lowest BCUT2D eigenvalue weighted by atomic mass is 10.2. The third-order valence-corrected chi connectivity index (χ3v) is 6.06. The van der Waals surface area contributed by atoms with E-state index in [1.54, 1.807) is 17.9 Å². The lowest BCUT2D eigenvalue weighted by molar-refractivity contribution is 0.0702. The summed E-state index contributed by atoms with van der Waals surface area (Å²) >= 11 is 0. The van der Waals surface area contributed by atoms with E-state index in [0.717, 1.165) is 6.42 Å². The maximum atomic E-state index is 12.8. The highest BCUT2D eigenvalue weighted by Crippen LogP contribution is 2.20. The quantitative estimate of drug-likeness (QED) is 0.835. The molecule has 0 saturated carbocycles. The Morgan fingerprint density at radius 3 is 2.67 bits per heavy atom. The van der Waals surface area contributed by atoms with Crippen LogP contribution in [0.4, 0.5) is 5.82 Å². The van der Waals surface area contributed by atoms with Crippen molar-refractivity contribution in [1.82, 2.24) is 14.9 Å². The molecule has 1 aliphatic heterocycles. The van der Waals surface area contributed by atoms with Crippen LogP contribution in [0.5, 0.6) is 0 Å². The molecular weight excluding hydrogens is 328 g/mol. The van der Waals surface area contributed by atoms with E-state index in [9.17, 15) is 13.2 Å². The smallest absolute Gasteiger partial charge is 0.272 e. The molecule has 1 amide bonds. The lowest BCUT2D eigenvalue weighted by Gasteiger charge is -2.26. The van der Waals surface area contributed by atoms with E-state index in [2.05, 4.69) is 22.2 Å². The number of amides is 1. The molecule has 1 N–H and O–H groups in total. The van der Waals surface area contributed by atoms with E-state index in [1.165, 1.54) is 0 Å². The fraction of sp³-hybridized carbons (Fsp3) is 0.688. The Morgan fingerprint density at radius 2 is 2.12 bits per heavy atom. The number of hydrogen-bond acceptors (Lipinski definition) is 6. The summed E-state index contributed by atoms with van der Waals surface area (Å²) in [7, 11) is -3.04. The van der Waals surface area contributed by atoms with Gasteiger partial charge in [-0.3, -0.25) is 4.79 Å². The minimum absolute atomic E-state index is 0.0363. The van der Waals surface area contributed by atoms with Crippen LogP contribution >= 0.6 is 0 Å². The summed E-state index contributed by atoms with van der Waals surface area (Å²) in [5, 5.41) is 3.25. The second kappa shape index (κ2) is 7.46. The van der Waals surface area contributed by atoms with Crippen molar-refractivity contribution >= 4 is 21.6 Å². The molecule has 7 nitrogen and oxygen atoms in total. The fourth-order valence-electron chi connectivity index (χ4n) is 2.84. The highest BCUT2D eigenvalue weighted by atomic mass is 32.2. The van der Waals surface area contributed by atoms with Crippen LogP contribution in [0, 0.1) is 6.92 Å². The second-order valence-corrected chi connectivity index (χ2v) is 8.52. The Bertz CT molecular complexity index is 705. The summed E-state index contributed by atoms with van der Waals surface area (Å²) in [6.45, 7) is 8.16. The molecule has 24 heavy (non-hydrogen) atoms. The van der Waals surface area contributed by atoms with Crippen LogP contribution in [0.15, 0.2) is 6.07 Å². The Balaban J connectivity index is 2.24. The lowest BCUT2D eigenvalue weighted by Crippen LogP contribution is -2.41. The molecule has 1 fully saturated rings. The summed E-state index contributed by atoms with van der Waals surface area (Å²) in [6.07, 6.45) is 1.43. The van der Waals surface area contributed by atoms with Crippen molar-refractivity contribution in [2.45, 2.75) is 52.6 Å². The highest BCUT2D eigenvalue weighted by Gasteiger charge is 2.34. The van der Waals surface area contributed by atoms with Gasteiger partial charge in [-0.05, 0) is 33.6 Å². The predicted octanol–water partition coefficient (Wildman–Crippen LogP) is 1.64. The van der Waals surface area contributed by atoms with Gasteiger partial charge in [0.25, 0.3) is 5.91 Å². The van der Waals surface area contributed by atoms with Crippen LogP contribution in [0.25, 0.3) is 0 Å². The number of anilines is 1. The molecule has 0 aromatic carbocycles. The maximum Gasteiger partial charge on any atom is 0.272 e. The van der Waals surface area contributed by atoms with Gasteiger partial charge >= 0.3 is 0 Å². The number of aromatic nitrogens is 2. The molecule has 0 spiro atoms. The van der Waals surface area contributed by atoms with Gasteiger partial charge in [0.05, 0.1) is 11.5 Å². The molecule has 0 bridgehead atoms. The maximum absolute atomic E-state index is 12.8. The highest BCUT2D eigenvalue weighted by molar-refractivity contribution is 7.91. The summed E-state index contributed by atoms with van der Waals surface area (Å²) in [5.74, 6) is 1.08. The zero-order valence-corrected chi connectivity index (χ0v) is 15.6. The first-order valence-electron chi connectivity index (χ1n) is 8.39. The number of sulfone groups is 1. The van der Waals surface area contributed by atoms with Gasteiger partial charge < -0.3 is 10.2 Å². The van der Waals surface area contributed by atoms with Gasteiger partial charge in [-0.25, -0.2) is 18.4 Å². The van der Waals surface area contributed by atoms with Crippen LogP contribution in [0.2, 0.25) is 0 Å². The molecule has 2 unspecified atom stereocenters. The Morgan fingerprint density at radius 1 is 1.42 bits per heavy atom. The average Bonchev–Trinajstić information content (AvgIpc) is 2.87. The molecule has 1 aromatic heterocycles. The monoisotopic (exact) mass is 354 g/mol. The Hall–Kier alpha value is -1.70. The average molecular weight is 354 g/mol. The number of carbonyl (C=O) groups excluding carboxylic acids is 1. The Labute approximate surface area is 143 Å². The van der Waals surface area contributed by atoms with Crippen molar-refractivity contribution in [3.8, 4) is 0 Å². The Kier molecular flexibility index (Phi) is 5.79. The molecule has 2 atom stereocenters. The molecule has 0 radical (unpaired) electrons. The number of carbonyl (C=O) groups is 1. The number of nitrogens with zero attached hydrogens (tertiary/aromatic N) is 3. The molecule has 1 saturated heterocycles. The standard InChI is InChI=1S/C16H26N4O3S/c1-5-11(3)17-15-9-14(18-12(4)19-15)16(21)20(6-2)13-7-8-24(22,23)10-13/h9,11,13H,5-8,10H2,1-4H3,(H,17,18,19). The number of aryl methyl sites for hydroxylation is 1. The SMILES string of the molecule is CCC(C)Nc1cc(C(=O)N(CC)C2CCS(=O)(=O)C2)nc(C)n1. The molecule has 0 aliphatic carbocycles. The van der Waals surface area contributed by atoms with Crippen LogP contribution in [0.1, 0.15) is 49.9 Å². The molecule has 1 aromatic rings. The van der Waals surface area contributed by atoms with Gasteiger partial charge in [0.1, 0.15) is 17.3 Å². The molecular formula is C16H26N4O3S. The van der Waals surface area contributed by atoms with Crippen molar-refractivity contribution in [2.75, 3.05) is 23.4 Å². The molecule has 8 heteroatoms. The van der Waals surface area contributed by atoms with Crippen LogP contribution in [0.3, 0.4) is 0 Å². The van der Waals surface area contributed by atoms with E-state index < -0.39 is 9.84 Å². The minimum atomic E-state index is -3.04. The summed E-state index contributed by atoms with van der Waals surface area (Å²) in [6, 6.07) is 1.62. The first-order chi connectivity index (χ1) is 11.3. The first kappa shape index (κ1) is 18.6. The van der Waals surface area contributed by atoms with Crippen LogP contribution in [-0.2, 0) is 9.84 Å². The van der Waals surface area contributed by atoms with Gasteiger partial charge in [0.2, 0.25) is 0 Å². The topological polar surface area (TPSA) is 92.3 Å². The third kappa shape index (κ3) is 4.43. The third-order valence-electron chi connectivity index (χ3n) is 4.31. The van der Waals surface area contributed by atoms with Gasteiger partial charge in [-0.15, -0.1) is 0 Å². The van der Waals surface area contributed by atoms with Crippen molar-refractivity contribution in [3.05, 3.63) is 17.6 Å². The molecule has 134 valence electrons. The summed E-state index contributed by atoms with van der Waals surface area (Å²) in [5.41, 5.74) is 0.305. The molecule has 2 rings (SSSR count). The zero-order valence-electron chi connectivity index (χ0n) is 14.7. The van der Waals surface area contributed by atoms with Crippen molar-refractivity contribution in [2.24, 2.45) is 0 Å². The summed E-state index contributed by atoms with van der Waals surface area (Å²) in [4.78, 5) is 23.0. The number of hydrogen-bond donors (Lipinski definition) is 1. The van der Waals surface area contributed by atoms with E-state index >= 15 is 0 Å². The van der Waals surface area contributed by atoms with Crippen molar-refractivity contribution < 1.29 is 13.2 Å².